The molecule has 0 amide bonds. The largest absolute Gasteiger partial charge is 0.493 e. The first-order valence-corrected chi connectivity index (χ1v) is 9.01. The van der Waals surface area contributed by atoms with E-state index in [9.17, 15) is 0 Å². The molecule has 0 atom stereocenters. The molecule has 8 heteroatoms. The highest BCUT2D eigenvalue weighted by atomic mass is 16.5. The minimum Gasteiger partial charge on any atom is -0.493 e. The molecule has 0 aliphatic carbocycles. The lowest BCUT2D eigenvalue weighted by Crippen LogP contribution is -1.92. The summed E-state index contributed by atoms with van der Waals surface area (Å²) in [7, 11) is 3.16. The normalized spacial score (nSPS) is 10.9. The summed E-state index contributed by atoms with van der Waals surface area (Å²) in [5.74, 6) is 2.91. The van der Waals surface area contributed by atoms with Crippen molar-refractivity contribution in [1.82, 2.24) is 20.3 Å². The Balaban J connectivity index is 1.53. The van der Waals surface area contributed by atoms with Crippen LogP contribution >= 0.6 is 0 Å². The molecule has 0 aliphatic rings. The first-order valence-electron chi connectivity index (χ1n) is 9.01. The van der Waals surface area contributed by atoms with Crippen LogP contribution in [-0.2, 0) is 6.42 Å². The van der Waals surface area contributed by atoms with Crippen LogP contribution in [0, 0.1) is 13.8 Å². The zero-order valence-corrected chi connectivity index (χ0v) is 16.6. The van der Waals surface area contributed by atoms with Crippen LogP contribution in [-0.4, -0.2) is 34.6 Å². The number of aryl methyl sites for hydroxylation is 2. The first-order chi connectivity index (χ1) is 14.1. The molecule has 0 aliphatic heterocycles. The topological polar surface area (TPSA) is 96.3 Å². The van der Waals surface area contributed by atoms with Gasteiger partial charge in [-0.2, -0.15) is 4.98 Å². The van der Waals surface area contributed by atoms with E-state index < -0.39 is 0 Å². The van der Waals surface area contributed by atoms with Gasteiger partial charge in [0.25, 0.3) is 0 Å². The van der Waals surface area contributed by atoms with Gasteiger partial charge in [-0.3, -0.25) is 0 Å². The minimum atomic E-state index is 0.248. The van der Waals surface area contributed by atoms with Crippen LogP contribution < -0.4 is 9.47 Å². The van der Waals surface area contributed by atoms with Gasteiger partial charge in [-0.05, 0) is 44.2 Å². The van der Waals surface area contributed by atoms with Crippen LogP contribution in [0.15, 0.2) is 45.3 Å². The second-order valence-corrected chi connectivity index (χ2v) is 6.64. The molecule has 4 aromatic rings. The maximum Gasteiger partial charge on any atom is 0.247 e. The monoisotopic (exact) mass is 392 g/mol. The highest BCUT2D eigenvalue weighted by Crippen LogP contribution is 2.31. The molecule has 29 heavy (non-hydrogen) atoms. The number of aromatic nitrogens is 4. The van der Waals surface area contributed by atoms with Gasteiger partial charge in [0.15, 0.2) is 11.5 Å². The van der Waals surface area contributed by atoms with Crippen molar-refractivity contribution in [1.29, 1.82) is 0 Å². The third-order valence-electron chi connectivity index (χ3n) is 4.35. The molecule has 0 spiro atoms. The molecule has 148 valence electrons. The Morgan fingerprint density at radius 2 is 1.59 bits per heavy atom. The van der Waals surface area contributed by atoms with E-state index >= 15 is 0 Å². The summed E-state index contributed by atoms with van der Waals surface area (Å²) in [6.45, 7) is 4.06. The van der Waals surface area contributed by atoms with E-state index in [1.165, 1.54) is 0 Å². The lowest BCUT2D eigenvalue weighted by Gasteiger charge is -2.07. The number of rotatable bonds is 6. The Morgan fingerprint density at radius 1 is 0.828 bits per heavy atom. The number of benzene rings is 2. The van der Waals surface area contributed by atoms with Gasteiger partial charge in [0.2, 0.25) is 23.5 Å². The van der Waals surface area contributed by atoms with Gasteiger partial charge in [-0.25, -0.2) is 0 Å². The number of hydrogen-bond acceptors (Lipinski definition) is 8. The van der Waals surface area contributed by atoms with Crippen LogP contribution in [0.2, 0.25) is 0 Å². The van der Waals surface area contributed by atoms with E-state index in [1.807, 2.05) is 32.0 Å². The molecule has 2 heterocycles. The average molecular weight is 392 g/mol. The van der Waals surface area contributed by atoms with Gasteiger partial charge in [-0.15, -0.1) is 10.2 Å². The molecule has 2 aromatic carbocycles. The quantitative estimate of drug-likeness (QED) is 0.486. The lowest BCUT2D eigenvalue weighted by atomic mass is 10.1. The zero-order valence-electron chi connectivity index (χ0n) is 16.6. The van der Waals surface area contributed by atoms with Crippen LogP contribution in [0.4, 0.5) is 0 Å². The van der Waals surface area contributed by atoms with Gasteiger partial charge in [0, 0.05) is 11.1 Å². The molecule has 0 saturated carbocycles. The van der Waals surface area contributed by atoms with Gasteiger partial charge in [0.05, 0.1) is 14.2 Å². The standard InChI is InChI=1S/C21H20N4O4/c1-12-7-13(2)9-15(8-12)21-24-23-19(28-21)11-18-22-20(25-29-18)14-5-6-16(26-3)17(10-14)27-4/h5-10H,11H2,1-4H3. The molecule has 0 bridgehead atoms. The van der Waals surface area contributed by atoms with Crippen LogP contribution in [0.25, 0.3) is 22.8 Å². The maximum absolute atomic E-state index is 5.78. The fraction of sp³-hybridized carbons (Fsp3) is 0.238. The zero-order chi connectivity index (χ0) is 20.4. The third-order valence-corrected chi connectivity index (χ3v) is 4.35. The second-order valence-electron chi connectivity index (χ2n) is 6.64. The molecular formula is C21H20N4O4. The van der Waals surface area contributed by atoms with Crippen molar-refractivity contribution in [2.24, 2.45) is 0 Å². The van der Waals surface area contributed by atoms with Gasteiger partial charge >= 0.3 is 0 Å². The summed E-state index contributed by atoms with van der Waals surface area (Å²) in [5, 5.41) is 12.3. The Bertz CT molecular complexity index is 1130. The van der Waals surface area contributed by atoms with Crippen molar-refractivity contribution >= 4 is 0 Å². The van der Waals surface area contributed by atoms with Crippen LogP contribution in [0.5, 0.6) is 11.5 Å². The Hall–Kier alpha value is -3.68. The summed E-state index contributed by atoms with van der Waals surface area (Å²) in [5.41, 5.74) is 3.91. The van der Waals surface area contributed by atoms with E-state index in [-0.39, 0.29) is 6.42 Å². The summed E-state index contributed by atoms with van der Waals surface area (Å²) >= 11 is 0. The first kappa shape index (κ1) is 18.7. The van der Waals surface area contributed by atoms with Crippen molar-refractivity contribution in [2.75, 3.05) is 14.2 Å². The van der Waals surface area contributed by atoms with Crippen LogP contribution in [0.1, 0.15) is 22.9 Å². The van der Waals surface area contributed by atoms with Crippen molar-refractivity contribution in [2.45, 2.75) is 20.3 Å². The molecule has 0 fully saturated rings. The minimum absolute atomic E-state index is 0.248. The molecule has 2 aromatic heterocycles. The summed E-state index contributed by atoms with van der Waals surface area (Å²) < 4.78 is 21.7. The predicted molar refractivity (Wildman–Crippen MR) is 105 cm³/mol. The van der Waals surface area contributed by atoms with E-state index in [0.717, 1.165) is 22.3 Å². The van der Waals surface area contributed by atoms with Gasteiger partial charge in [0.1, 0.15) is 6.42 Å². The summed E-state index contributed by atoms with van der Waals surface area (Å²) in [6.07, 6.45) is 0.248. The molecule has 4 rings (SSSR count). The Labute approximate surface area is 167 Å². The van der Waals surface area contributed by atoms with Crippen molar-refractivity contribution < 1.29 is 18.4 Å². The molecule has 0 radical (unpaired) electrons. The second kappa shape index (κ2) is 7.75. The SMILES string of the molecule is COc1ccc(-c2noc(Cc3nnc(-c4cc(C)cc(C)c4)o3)n2)cc1OC. The summed E-state index contributed by atoms with van der Waals surface area (Å²) in [6, 6.07) is 11.5. The van der Waals surface area contributed by atoms with E-state index in [2.05, 4.69) is 26.4 Å². The number of hydrogen-bond donors (Lipinski definition) is 0. The Morgan fingerprint density at radius 3 is 2.31 bits per heavy atom. The van der Waals surface area contributed by atoms with E-state index in [0.29, 0.717) is 35.0 Å². The summed E-state index contributed by atoms with van der Waals surface area (Å²) in [4.78, 5) is 4.41. The van der Waals surface area contributed by atoms with E-state index in [4.69, 9.17) is 18.4 Å². The Kier molecular flexibility index (Phi) is 4.99. The average Bonchev–Trinajstić information content (AvgIpc) is 3.37. The van der Waals surface area contributed by atoms with Gasteiger partial charge in [-0.1, -0.05) is 22.3 Å². The highest BCUT2D eigenvalue weighted by molar-refractivity contribution is 5.60. The fourth-order valence-electron chi connectivity index (χ4n) is 3.09. The van der Waals surface area contributed by atoms with E-state index in [1.54, 1.807) is 26.4 Å². The fourth-order valence-corrected chi connectivity index (χ4v) is 3.09. The molecule has 8 nitrogen and oxygen atoms in total. The molecule has 0 N–H and O–H groups in total. The van der Waals surface area contributed by atoms with Crippen molar-refractivity contribution in [3.05, 3.63) is 59.3 Å². The number of methoxy groups -OCH3 is 2. The third kappa shape index (κ3) is 3.96. The van der Waals surface area contributed by atoms with Crippen molar-refractivity contribution in [3.8, 4) is 34.3 Å². The highest BCUT2D eigenvalue weighted by Gasteiger charge is 2.16. The maximum atomic E-state index is 5.78. The van der Waals surface area contributed by atoms with Crippen LogP contribution in [0.3, 0.4) is 0 Å². The predicted octanol–water partition coefficient (Wildman–Crippen LogP) is 4.01. The number of nitrogens with zero attached hydrogens (tertiary/aromatic N) is 4. The molecule has 0 unspecified atom stereocenters. The molecular weight excluding hydrogens is 372 g/mol. The van der Waals surface area contributed by atoms with Crippen molar-refractivity contribution in [3.63, 3.8) is 0 Å². The molecule has 0 saturated heterocycles. The number of ether oxygens (including phenoxy) is 2. The lowest BCUT2D eigenvalue weighted by molar-refractivity contribution is 0.355. The smallest absolute Gasteiger partial charge is 0.247 e. The van der Waals surface area contributed by atoms with Gasteiger partial charge < -0.3 is 18.4 Å².